The third-order valence-electron chi connectivity index (χ3n) is 13.1. The molecule has 2 heterocycles. The minimum atomic E-state index is -0.731. The first-order valence-corrected chi connectivity index (χ1v) is 21.8. The number of rotatable bonds is 7. The first-order chi connectivity index (χ1) is 32.4. The maximum atomic E-state index is 13.8. The van der Waals surface area contributed by atoms with Crippen LogP contribution in [0, 0.1) is 13.8 Å². The van der Waals surface area contributed by atoms with Crippen molar-refractivity contribution in [1.29, 1.82) is 0 Å². The number of hydrogen-bond acceptors (Lipinski definition) is 12. The Bertz CT molecular complexity index is 3380. The van der Waals surface area contributed by atoms with E-state index in [0.29, 0.717) is 53.5 Å². The highest BCUT2D eigenvalue weighted by molar-refractivity contribution is 6.27. The second kappa shape index (κ2) is 15.4. The summed E-state index contributed by atoms with van der Waals surface area (Å²) < 4.78 is 0. The number of aromatic hydroxyl groups is 6. The molecule has 8 aromatic carbocycles. The number of imide groups is 2. The number of phenols is 6. The summed E-state index contributed by atoms with van der Waals surface area (Å²) in [6.45, 7) is 10.5. The van der Waals surface area contributed by atoms with Crippen molar-refractivity contribution < 1.29 is 49.8 Å². The fourth-order valence-corrected chi connectivity index (χ4v) is 10.1. The topological polar surface area (TPSA) is 221 Å². The number of carbonyl (C=O) groups excluding carboxylic acids is 4. The van der Waals surface area contributed by atoms with Gasteiger partial charge in [0.05, 0.1) is 45.8 Å². The number of aryl methyl sites for hydroxylation is 2. The number of phenolic OH excluding ortho intramolecular Hbond substituents is 6. The minimum Gasteiger partial charge on any atom is -0.507 e. The Morgan fingerprint density at radius 3 is 1.04 bits per heavy atom. The highest BCUT2D eigenvalue weighted by Gasteiger charge is 2.36. The summed E-state index contributed by atoms with van der Waals surface area (Å²) in [6, 6.07) is 23.5. The fraction of sp³-hybridized carbons (Fsp3) is 0.148. The first kappa shape index (κ1) is 43.1. The van der Waals surface area contributed by atoms with Crippen LogP contribution in [0.25, 0.3) is 54.2 Å². The molecule has 0 radical (unpaired) electrons. The molecule has 14 nitrogen and oxygen atoms in total. The molecule has 10 rings (SSSR count). The highest BCUT2D eigenvalue weighted by Crippen LogP contribution is 2.54. The van der Waals surface area contributed by atoms with Crippen molar-refractivity contribution in [3.05, 3.63) is 141 Å². The third kappa shape index (κ3) is 6.03. The second-order valence-electron chi connectivity index (χ2n) is 17.8. The third-order valence-corrected chi connectivity index (χ3v) is 13.1. The Labute approximate surface area is 387 Å². The van der Waals surface area contributed by atoms with Gasteiger partial charge in [-0.3, -0.25) is 19.2 Å². The molecule has 0 unspecified atom stereocenters. The first-order valence-electron chi connectivity index (χ1n) is 21.8. The van der Waals surface area contributed by atoms with Crippen LogP contribution in [0.15, 0.2) is 95.1 Å². The summed E-state index contributed by atoms with van der Waals surface area (Å²) in [5.41, 5.74) is 1.86. The molecule has 6 N–H and O–H groups in total. The Hall–Kier alpha value is -8.78. The quantitative estimate of drug-likeness (QED) is 0.0504. The van der Waals surface area contributed by atoms with Crippen LogP contribution in [0.4, 0.5) is 0 Å². The molecule has 2 aliphatic heterocycles. The van der Waals surface area contributed by atoms with E-state index in [1.807, 2.05) is 0 Å². The van der Waals surface area contributed by atoms with E-state index in [9.17, 15) is 49.8 Å². The lowest BCUT2D eigenvalue weighted by atomic mass is 9.83. The van der Waals surface area contributed by atoms with E-state index in [0.717, 1.165) is 12.4 Å². The van der Waals surface area contributed by atoms with E-state index >= 15 is 0 Å². The number of fused-ring (bicyclic) bond motifs is 2. The standard InChI is InChI=1S/C54H42N4O10/c1-23(2)37-33-19-25(5)39(47(61)43(33)35(45(59)49(37)63)21-55-57-51(65)29-15-7-11-27-12-8-16-30(41(27)29)52(57)66)40-26(6)20-34-38(24(3)4)50(64)46(60)36(44(34)48(40)62)22-56-58-53(67)31-17-9-13-28-14-10-18-32(42(28)31)54(58)68/h7-24,59-64H,1-6H3. The van der Waals surface area contributed by atoms with E-state index in [2.05, 4.69) is 10.2 Å². The van der Waals surface area contributed by atoms with E-state index in [1.54, 1.807) is 126 Å². The Kier molecular flexibility index (Phi) is 9.77. The van der Waals surface area contributed by atoms with Crippen molar-refractivity contribution in [3.8, 4) is 45.6 Å². The molecule has 0 bridgehead atoms. The van der Waals surface area contributed by atoms with Crippen LogP contribution in [0.1, 0.15) is 114 Å². The SMILES string of the molecule is Cc1cc2c(C(C)C)c(O)c(O)c(C=NN3C(=O)c4cccc5cccc(c45)C3=O)c2c(O)c1-c1c(C)cc2c(C(C)C)c(O)c(O)c(C=NN3C(=O)c4cccc5cccc(c45)C3=O)c2c1O. The van der Waals surface area contributed by atoms with Gasteiger partial charge in [0.1, 0.15) is 11.5 Å². The van der Waals surface area contributed by atoms with E-state index < -0.39 is 70.0 Å². The van der Waals surface area contributed by atoms with Gasteiger partial charge >= 0.3 is 0 Å². The Morgan fingerprint density at radius 1 is 0.441 bits per heavy atom. The van der Waals surface area contributed by atoms with Gasteiger partial charge in [-0.15, -0.1) is 0 Å². The molecule has 4 amide bonds. The summed E-state index contributed by atoms with van der Waals surface area (Å²) in [7, 11) is 0. The number of benzene rings is 8. The maximum absolute atomic E-state index is 13.8. The second-order valence-corrected chi connectivity index (χ2v) is 17.8. The van der Waals surface area contributed by atoms with E-state index in [1.165, 1.54) is 0 Å². The molecule has 338 valence electrons. The van der Waals surface area contributed by atoms with Crippen LogP contribution in [-0.4, -0.2) is 76.7 Å². The molecule has 14 heteroatoms. The monoisotopic (exact) mass is 906 g/mol. The zero-order valence-corrected chi connectivity index (χ0v) is 37.5. The normalized spacial score (nSPS) is 14.0. The van der Waals surface area contributed by atoms with Gasteiger partial charge in [-0.2, -0.15) is 20.2 Å². The number of hydrogen-bond donors (Lipinski definition) is 6. The van der Waals surface area contributed by atoms with Gasteiger partial charge in [-0.05, 0) is 82.6 Å². The fourth-order valence-electron chi connectivity index (χ4n) is 10.1. The lowest BCUT2D eigenvalue weighted by Crippen LogP contribution is -2.36. The molecule has 0 aromatic heterocycles. The molecule has 0 saturated carbocycles. The van der Waals surface area contributed by atoms with E-state index in [-0.39, 0.29) is 66.4 Å². The number of nitrogens with zero attached hydrogens (tertiary/aromatic N) is 4. The number of amides is 4. The van der Waals surface area contributed by atoms with Crippen LogP contribution < -0.4 is 0 Å². The zero-order valence-electron chi connectivity index (χ0n) is 37.5. The van der Waals surface area contributed by atoms with Crippen molar-refractivity contribution in [3.63, 3.8) is 0 Å². The van der Waals surface area contributed by atoms with Crippen LogP contribution in [-0.2, 0) is 0 Å². The van der Waals surface area contributed by atoms with Crippen LogP contribution in [0.5, 0.6) is 34.5 Å². The van der Waals surface area contributed by atoms with Crippen LogP contribution in [0.2, 0.25) is 0 Å². The number of hydrazone groups is 2. The van der Waals surface area contributed by atoms with Gasteiger partial charge < -0.3 is 30.6 Å². The number of carbonyl (C=O) groups is 4. The largest absolute Gasteiger partial charge is 0.507 e. The Morgan fingerprint density at radius 2 is 0.750 bits per heavy atom. The van der Waals surface area contributed by atoms with E-state index in [4.69, 9.17) is 0 Å². The molecule has 0 atom stereocenters. The highest BCUT2D eigenvalue weighted by atomic mass is 16.3. The summed E-state index contributed by atoms with van der Waals surface area (Å²) >= 11 is 0. The minimum absolute atomic E-state index is 0.0395. The van der Waals surface area contributed by atoms with Gasteiger partial charge in [0.25, 0.3) is 23.6 Å². The van der Waals surface area contributed by atoms with Gasteiger partial charge in [0.15, 0.2) is 23.0 Å². The molecule has 0 saturated heterocycles. The maximum Gasteiger partial charge on any atom is 0.282 e. The molecule has 0 fully saturated rings. The molecule has 68 heavy (non-hydrogen) atoms. The average molecular weight is 907 g/mol. The van der Waals surface area contributed by atoms with Gasteiger partial charge in [-0.25, -0.2) is 0 Å². The summed E-state index contributed by atoms with van der Waals surface area (Å²) in [6.07, 6.45) is 2.03. The van der Waals surface area contributed by atoms with Gasteiger partial charge in [-0.1, -0.05) is 88.4 Å². The zero-order chi connectivity index (χ0) is 48.4. The van der Waals surface area contributed by atoms with Crippen molar-refractivity contribution >= 4 is 79.1 Å². The molecular formula is C54H42N4O10. The average Bonchev–Trinajstić information content (AvgIpc) is 3.30. The summed E-state index contributed by atoms with van der Waals surface area (Å²) in [5, 5.41) is 84.5. The molecule has 0 spiro atoms. The summed E-state index contributed by atoms with van der Waals surface area (Å²) in [5.74, 6) is -7.14. The van der Waals surface area contributed by atoms with Gasteiger partial charge in [0.2, 0.25) is 0 Å². The predicted octanol–water partition coefficient (Wildman–Crippen LogP) is 10.3. The molecule has 2 aliphatic rings. The van der Waals surface area contributed by atoms with Gasteiger partial charge in [0, 0.05) is 43.8 Å². The van der Waals surface area contributed by atoms with Crippen molar-refractivity contribution in [2.75, 3.05) is 0 Å². The smallest absolute Gasteiger partial charge is 0.282 e. The summed E-state index contributed by atoms with van der Waals surface area (Å²) in [4.78, 5) is 55.4. The Balaban J connectivity index is 1.19. The van der Waals surface area contributed by atoms with Crippen molar-refractivity contribution in [2.24, 2.45) is 10.2 Å². The lowest BCUT2D eigenvalue weighted by molar-refractivity contribution is 0.0601. The van der Waals surface area contributed by atoms with Crippen molar-refractivity contribution in [2.45, 2.75) is 53.4 Å². The molecular weight excluding hydrogens is 865 g/mol. The van der Waals surface area contributed by atoms with Crippen molar-refractivity contribution in [1.82, 2.24) is 10.0 Å². The lowest BCUT2D eigenvalue weighted by Gasteiger charge is -2.25. The molecule has 8 aromatic rings. The van der Waals surface area contributed by atoms with Crippen LogP contribution >= 0.6 is 0 Å². The molecule has 0 aliphatic carbocycles. The van der Waals surface area contributed by atoms with Crippen LogP contribution in [0.3, 0.4) is 0 Å². The predicted molar refractivity (Wildman–Crippen MR) is 259 cm³/mol.